The van der Waals surface area contributed by atoms with Crippen molar-refractivity contribution >= 4 is 6.03 Å². The van der Waals surface area contributed by atoms with Crippen LogP contribution in [0.5, 0.6) is 5.75 Å². The Hall–Kier alpha value is -2.79. The van der Waals surface area contributed by atoms with Crippen LogP contribution >= 0.6 is 0 Å². The van der Waals surface area contributed by atoms with E-state index in [1.807, 2.05) is 6.07 Å². The first-order chi connectivity index (χ1) is 12.8. The molecule has 1 unspecified atom stereocenters. The average Bonchev–Trinajstić information content (AvgIpc) is 3.02. The Labute approximate surface area is 152 Å². The minimum absolute atomic E-state index is 0.332. The zero-order valence-corrected chi connectivity index (χ0v) is 14.5. The van der Waals surface area contributed by atoms with Gasteiger partial charge < -0.3 is 10.1 Å². The van der Waals surface area contributed by atoms with Crippen molar-refractivity contribution in [1.29, 1.82) is 0 Å². The Morgan fingerprint density at radius 2 is 1.92 bits per heavy atom. The lowest BCUT2D eigenvalue weighted by Gasteiger charge is -2.23. The van der Waals surface area contributed by atoms with Gasteiger partial charge in [-0.1, -0.05) is 42.0 Å². The number of carbonyl (C=O) groups is 1. The van der Waals surface area contributed by atoms with Crippen molar-refractivity contribution in [2.45, 2.75) is 25.3 Å². The van der Waals surface area contributed by atoms with Crippen LogP contribution in [0.1, 0.15) is 18.4 Å². The van der Waals surface area contributed by atoms with E-state index in [0.29, 0.717) is 23.4 Å². The van der Waals surface area contributed by atoms with Gasteiger partial charge in [0, 0.05) is 18.5 Å². The SMILES string of the molecule is O=C1N=c2ccc(OCCC3C=C(Cc4ccccc4)CCN3)cc2=N1. The molecule has 132 valence electrons. The first-order valence-electron chi connectivity index (χ1n) is 8.97. The average molecular weight is 347 g/mol. The third kappa shape index (κ3) is 4.06. The summed E-state index contributed by atoms with van der Waals surface area (Å²) in [5, 5.41) is 4.74. The van der Waals surface area contributed by atoms with E-state index in [1.54, 1.807) is 12.1 Å². The van der Waals surface area contributed by atoms with Gasteiger partial charge in [-0.3, -0.25) is 0 Å². The first-order valence-corrected chi connectivity index (χ1v) is 8.97. The van der Waals surface area contributed by atoms with Gasteiger partial charge in [0.05, 0.1) is 17.3 Å². The van der Waals surface area contributed by atoms with E-state index >= 15 is 0 Å². The van der Waals surface area contributed by atoms with Gasteiger partial charge in [0.2, 0.25) is 0 Å². The molecule has 0 saturated carbocycles. The normalized spacial score (nSPS) is 18.5. The molecule has 2 aliphatic rings. The fourth-order valence-corrected chi connectivity index (χ4v) is 3.35. The van der Waals surface area contributed by atoms with Gasteiger partial charge in [-0.15, -0.1) is 0 Å². The molecule has 5 heteroatoms. The van der Waals surface area contributed by atoms with E-state index in [-0.39, 0.29) is 0 Å². The predicted octanol–water partition coefficient (Wildman–Crippen LogP) is 2.36. The third-order valence-corrected chi connectivity index (χ3v) is 4.64. The number of urea groups is 1. The molecule has 0 fully saturated rings. The first kappa shape index (κ1) is 16.7. The molecule has 1 atom stereocenters. The Morgan fingerprint density at radius 3 is 2.81 bits per heavy atom. The van der Waals surface area contributed by atoms with Crippen molar-refractivity contribution in [1.82, 2.24) is 5.32 Å². The van der Waals surface area contributed by atoms with Gasteiger partial charge >= 0.3 is 6.03 Å². The van der Waals surface area contributed by atoms with Crippen molar-refractivity contribution in [3.63, 3.8) is 0 Å². The zero-order valence-electron chi connectivity index (χ0n) is 14.5. The van der Waals surface area contributed by atoms with Gasteiger partial charge in [0.25, 0.3) is 0 Å². The number of rotatable bonds is 6. The molecule has 2 amide bonds. The number of amides is 2. The molecular weight excluding hydrogens is 326 g/mol. The van der Waals surface area contributed by atoms with Gasteiger partial charge in [-0.05, 0) is 37.1 Å². The molecule has 0 radical (unpaired) electrons. The van der Waals surface area contributed by atoms with Crippen LogP contribution in [-0.2, 0) is 6.42 Å². The van der Waals surface area contributed by atoms with Crippen LogP contribution in [0.2, 0.25) is 0 Å². The summed E-state index contributed by atoms with van der Waals surface area (Å²) >= 11 is 0. The van der Waals surface area contributed by atoms with Crippen LogP contribution < -0.4 is 20.8 Å². The molecule has 0 spiro atoms. The highest BCUT2D eigenvalue weighted by Crippen LogP contribution is 2.16. The zero-order chi connectivity index (χ0) is 17.8. The standard InChI is InChI=1S/C21H21N3O2/c25-21-23-19-7-6-18(14-20(19)24-21)26-11-9-17-13-16(8-10-22-17)12-15-4-2-1-3-5-15/h1-7,13-14,17,22H,8-12H2. The maximum absolute atomic E-state index is 11.2. The van der Waals surface area contributed by atoms with Crippen LogP contribution in [0, 0.1) is 0 Å². The third-order valence-electron chi connectivity index (χ3n) is 4.64. The number of fused-ring (bicyclic) bond motifs is 1. The minimum atomic E-state index is -0.445. The molecule has 1 N–H and O–H groups in total. The van der Waals surface area contributed by atoms with Crippen molar-refractivity contribution in [3.05, 3.63) is 76.5 Å². The maximum atomic E-state index is 11.2. The number of ether oxygens (including phenoxy) is 1. The highest BCUT2D eigenvalue weighted by Gasteiger charge is 2.13. The summed E-state index contributed by atoms with van der Waals surface area (Å²) in [6.07, 6.45) is 5.35. The molecular formula is C21H21N3O2. The molecule has 0 aliphatic carbocycles. The number of benzene rings is 2. The molecule has 2 aromatic rings. The second kappa shape index (κ2) is 7.62. The summed E-state index contributed by atoms with van der Waals surface area (Å²) in [7, 11) is 0. The Balaban J connectivity index is 1.33. The topological polar surface area (TPSA) is 63.0 Å². The van der Waals surface area contributed by atoms with Crippen molar-refractivity contribution < 1.29 is 9.53 Å². The Morgan fingerprint density at radius 1 is 1.08 bits per heavy atom. The summed E-state index contributed by atoms with van der Waals surface area (Å²) in [4.78, 5) is 18.9. The molecule has 2 aliphatic heterocycles. The molecule has 5 nitrogen and oxygen atoms in total. The highest BCUT2D eigenvalue weighted by molar-refractivity contribution is 5.77. The minimum Gasteiger partial charge on any atom is -0.493 e. The summed E-state index contributed by atoms with van der Waals surface area (Å²) in [5.74, 6) is 0.724. The molecule has 26 heavy (non-hydrogen) atoms. The van der Waals surface area contributed by atoms with E-state index in [0.717, 1.165) is 31.6 Å². The molecule has 4 rings (SSSR count). The lowest BCUT2D eigenvalue weighted by atomic mass is 9.96. The lowest BCUT2D eigenvalue weighted by Crippen LogP contribution is -2.34. The molecule has 2 heterocycles. The van der Waals surface area contributed by atoms with Crippen molar-refractivity contribution in [2.24, 2.45) is 9.98 Å². The molecule has 0 aromatic heterocycles. The predicted molar refractivity (Wildman–Crippen MR) is 98.9 cm³/mol. The number of carbonyl (C=O) groups excluding carboxylic acids is 1. The van der Waals surface area contributed by atoms with E-state index in [4.69, 9.17) is 4.74 Å². The number of nitrogens with zero attached hydrogens (tertiary/aromatic N) is 2. The second-order valence-corrected chi connectivity index (χ2v) is 6.59. The molecule has 0 saturated heterocycles. The molecule has 2 aromatic carbocycles. The van der Waals surface area contributed by atoms with Crippen molar-refractivity contribution in [2.75, 3.05) is 13.2 Å². The van der Waals surface area contributed by atoms with Crippen LogP contribution in [0.4, 0.5) is 4.79 Å². The Kier molecular flexibility index (Phi) is 4.88. The monoisotopic (exact) mass is 347 g/mol. The summed E-state index contributed by atoms with van der Waals surface area (Å²) in [6, 6.07) is 15.9. The van der Waals surface area contributed by atoms with E-state index in [2.05, 4.69) is 51.7 Å². The molecule has 0 bridgehead atoms. The van der Waals surface area contributed by atoms with Gasteiger partial charge in [-0.25, -0.2) is 4.79 Å². The van der Waals surface area contributed by atoms with Gasteiger partial charge in [0.1, 0.15) is 5.75 Å². The van der Waals surface area contributed by atoms with Gasteiger partial charge in [-0.2, -0.15) is 9.98 Å². The van der Waals surface area contributed by atoms with Crippen LogP contribution in [0.25, 0.3) is 0 Å². The van der Waals surface area contributed by atoms with E-state index < -0.39 is 6.03 Å². The largest absolute Gasteiger partial charge is 0.493 e. The van der Waals surface area contributed by atoms with E-state index in [1.165, 1.54) is 11.1 Å². The van der Waals surface area contributed by atoms with Crippen LogP contribution in [-0.4, -0.2) is 25.2 Å². The fourth-order valence-electron chi connectivity index (χ4n) is 3.35. The maximum Gasteiger partial charge on any atom is 0.368 e. The summed E-state index contributed by atoms with van der Waals surface area (Å²) < 4.78 is 5.84. The van der Waals surface area contributed by atoms with Gasteiger partial charge in [0.15, 0.2) is 0 Å². The highest BCUT2D eigenvalue weighted by atomic mass is 16.5. The number of hydrogen-bond donors (Lipinski definition) is 1. The summed E-state index contributed by atoms with van der Waals surface area (Å²) in [6.45, 7) is 1.61. The lowest BCUT2D eigenvalue weighted by molar-refractivity contribution is 0.256. The quantitative estimate of drug-likeness (QED) is 0.816. The Bertz CT molecular complexity index is 951. The number of hydrogen-bond acceptors (Lipinski definition) is 3. The number of nitrogens with one attached hydrogen (secondary N) is 1. The fraction of sp³-hybridized carbons (Fsp3) is 0.286. The van der Waals surface area contributed by atoms with E-state index in [9.17, 15) is 4.79 Å². The second-order valence-electron chi connectivity index (χ2n) is 6.59. The van der Waals surface area contributed by atoms with Crippen LogP contribution in [0.15, 0.2) is 70.2 Å². The van der Waals surface area contributed by atoms with Crippen LogP contribution in [0.3, 0.4) is 0 Å². The van der Waals surface area contributed by atoms with Crippen molar-refractivity contribution in [3.8, 4) is 5.75 Å². The summed E-state index contributed by atoms with van der Waals surface area (Å²) in [5.41, 5.74) is 2.84. The smallest absolute Gasteiger partial charge is 0.368 e.